The molecule has 0 spiro atoms. The smallest absolute Gasteiger partial charge is 0.00748 e. The molecule has 0 heterocycles. The van der Waals surface area contributed by atoms with Crippen LogP contribution in [-0.2, 0) is 0 Å². The molecule has 1 unspecified atom stereocenters. The van der Waals surface area contributed by atoms with E-state index in [1.807, 2.05) is 11.8 Å². The van der Waals surface area contributed by atoms with Gasteiger partial charge < -0.3 is 5.73 Å². The molecular weight excluding hydrogens is 190 g/mol. The molecule has 1 aromatic carbocycles. The van der Waals surface area contributed by atoms with E-state index in [1.54, 1.807) is 0 Å². The summed E-state index contributed by atoms with van der Waals surface area (Å²) in [5, 5.41) is 0. The minimum absolute atomic E-state index is 0.599. The van der Waals surface area contributed by atoms with Crippen LogP contribution in [0.2, 0.25) is 0 Å². The maximum absolute atomic E-state index is 5.58. The number of rotatable bonds is 4. The van der Waals surface area contributed by atoms with Gasteiger partial charge in [0.15, 0.2) is 0 Å². The van der Waals surface area contributed by atoms with Crippen LogP contribution >= 0.6 is 11.8 Å². The highest BCUT2D eigenvalue weighted by Crippen LogP contribution is 2.22. The zero-order chi connectivity index (χ0) is 10.6. The number of aryl methyl sites for hydroxylation is 2. The Hall–Kier alpha value is -0.470. The normalized spacial score (nSPS) is 12.9. The summed E-state index contributed by atoms with van der Waals surface area (Å²) in [6, 6.07) is 6.63. The Morgan fingerprint density at radius 2 is 2.00 bits per heavy atom. The summed E-state index contributed by atoms with van der Waals surface area (Å²) in [5.41, 5.74) is 8.31. The summed E-state index contributed by atoms with van der Waals surface area (Å²) in [5.74, 6) is 1.71. The van der Waals surface area contributed by atoms with E-state index in [-0.39, 0.29) is 0 Å². The molecule has 2 heteroatoms. The lowest BCUT2D eigenvalue weighted by Gasteiger charge is -2.08. The molecule has 0 radical (unpaired) electrons. The zero-order valence-corrected chi connectivity index (χ0v) is 10.0. The van der Waals surface area contributed by atoms with Gasteiger partial charge in [0, 0.05) is 10.6 Å². The third-order valence-corrected chi connectivity index (χ3v) is 3.74. The van der Waals surface area contributed by atoms with Crippen LogP contribution in [0.25, 0.3) is 0 Å². The van der Waals surface area contributed by atoms with Gasteiger partial charge in [0.2, 0.25) is 0 Å². The molecule has 0 aliphatic carbocycles. The number of nitrogens with two attached hydrogens (primary N) is 1. The fraction of sp³-hybridized carbons (Fsp3) is 0.500. The molecule has 14 heavy (non-hydrogen) atoms. The number of hydrogen-bond donors (Lipinski definition) is 1. The molecule has 2 N–H and O–H groups in total. The molecule has 78 valence electrons. The van der Waals surface area contributed by atoms with Gasteiger partial charge in [-0.3, -0.25) is 0 Å². The Morgan fingerprint density at radius 3 is 2.57 bits per heavy atom. The molecule has 0 amide bonds. The topological polar surface area (TPSA) is 26.0 Å². The Bertz CT molecular complexity index is 296. The van der Waals surface area contributed by atoms with Crippen LogP contribution in [0, 0.1) is 19.8 Å². The first-order chi connectivity index (χ1) is 6.63. The summed E-state index contributed by atoms with van der Waals surface area (Å²) in [6.45, 7) is 7.27. The highest BCUT2D eigenvalue weighted by molar-refractivity contribution is 7.99. The molecule has 0 bridgehead atoms. The molecule has 1 nitrogen and oxygen atoms in total. The number of benzene rings is 1. The lowest BCUT2D eigenvalue weighted by atomic mass is 10.1. The van der Waals surface area contributed by atoms with E-state index in [9.17, 15) is 0 Å². The Labute approximate surface area is 91.1 Å². The van der Waals surface area contributed by atoms with Crippen LogP contribution in [0.1, 0.15) is 18.1 Å². The molecule has 0 aliphatic rings. The van der Waals surface area contributed by atoms with E-state index in [1.165, 1.54) is 16.0 Å². The average molecular weight is 209 g/mol. The van der Waals surface area contributed by atoms with Gasteiger partial charge in [0.05, 0.1) is 0 Å². The Morgan fingerprint density at radius 1 is 1.29 bits per heavy atom. The standard InChI is InChI=1S/C12H19NS/c1-9(7-13)8-14-12-5-4-10(2)11(3)6-12/h4-6,9H,7-8,13H2,1-3H3. The van der Waals surface area contributed by atoms with Crippen molar-refractivity contribution < 1.29 is 0 Å². The molecule has 1 rings (SSSR count). The average Bonchev–Trinajstić information content (AvgIpc) is 2.19. The van der Waals surface area contributed by atoms with E-state index in [0.717, 1.165) is 12.3 Å². The van der Waals surface area contributed by atoms with Crippen LogP contribution in [0.4, 0.5) is 0 Å². The second-order valence-electron chi connectivity index (χ2n) is 3.90. The maximum atomic E-state index is 5.58. The van der Waals surface area contributed by atoms with Gasteiger partial charge >= 0.3 is 0 Å². The highest BCUT2D eigenvalue weighted by Gasteiger charge is 2.01. The fourth-order valence-corrected chi connectivity index (χ4v) is 2.15. The van der Waals surface area contributed by atoms with Crippen molar-refractivity contribution in [2.45, 2.75) is 25.7 Å². The quantitative estimate of drug-likeness (QED) is 0.771. The molecule has 1 atom stereocenters. The summed E-state index contributed by atoms with van der Waals surface area (Å²) in [4.78, 5) is 1.36. The van der Waals surface area contributed by atoms with Crippen LogP contribution in [-0.4, -0.2) is 12.3 Å². The first-order valence-corrected chi connectivity index (χ1v) is 6.02. The second kappa shape index (κ2) is 5.42. The predicted octanol–water partition coefficient (Wildman–Crippen LogP) is 2.99. The van der Waals surface area contributed by atoms with Crippen molar-refractivity contribution in [1.29, 1.82) is 0 Å². The molecule has 0 aromatic heterocycles. The van der Waals surface area contributed by atoms with Crippen LogP contribution in [0.5, 0.6) is 0 Å². The third-order valence-electron chi connectivity index (χ3n) is 2.42. The van der Waals surface area contributed by atoms with Gasteiger partial charge in [-0.25, -0.2) is 0 Å². The third kappa shape index (κ3) is 3.35. The highest BCUT2D eigenvalue weighted by atomic mass is 32.2. The molecule has 0 saturated heterocycles. The maximum Gasteiger partial charge on any atom is 0.00748 e. The summed E-state index contributed by atoms with van der Waals surface area (Å²) in [7, 11) is 0. The van der Waals surface area contributed by atoms with Crippen molar-refractivity contribution in [1.82, 2.24) is 0 Å². The van der Waals surface area contributed by atoms with Crippen molar-refractivity contribution in [2.75, 3.05) is 12.3 Å². The van der Waals surface area contributed by atoms with Crippen LogP contribution in [0.15, 0.2) is 23.1 Å². The fourth-order valence-electron chi connectivity index (χ4n) is 1.11. The molecule has 1 aromatic rings. The lowest BCUT2D eigenvalue weighted by Crippen LogP contribution is -2.12. The van der Waals surface area contributed by atoms with E-state index >= 15 is 0 Å². The van der Waals surface area contributed by atoms with Gasteiger partial charge in [-0.05, 0) is 49.6 Å². The van der Waals surface area contributed by atoms with Crippen molar-refractivity contribution in [2.24, 2.45) is 11.7 Å². The zero-order valence-electron chi connectivity index (χ0n) is 9.21. The van der Waals surface area contributed by atoms with Crippen molar-refractivity contribution in [3.05, 3.63) is 29.3 Å². The van der Waals surface area contributed by atoms with Gasteiger partial charge in [-0.15, -0.1) is 11.8 Å². The monoisotopic (exact) mass is 209 g/mol. The summed E-state index contributed by atoms with van der Waals surface area (Å²) >= 11 is 1.90. The van der Waals surface area contributed by atoms with Crippen molar-refractivity contribution in [3.8, 4) is 0 Å². The predicted molar refractivity (Wildman–Crippen MR) is 64.9 cm³/mol. The van der Waals surface area contributed by atoms with Gasteiger partial charge in [0.25, 0.3) is 0 Å². The number of thioether (sulfide) groups is 1. The van der Waals surface area contributed by atoms with Crippen molar-refractivity contribution >= 4 is 11.8 Å². The Balaban J connectivity index is 2.55. The summed E-state index contributed by atoms with van der Waals surface area (Å²) < 4.78 is 0. The van der Waals surface area contributed by atoms with E-state index in [0.29, 0.717) is 5.92 Å². The second-order valence-corrected chi connectivity index (χ2v) is 4.99. The first kappa shape index (κ1) is 11.6. The molecule has 0 saturated carbocycles. The van der Waals surface area contributed by atoms with Crippen LogP contribution < -0.4 is 5.73 Å². The number of hydrogen-bond acceptors (Lipinski definition) is 2. The van der Waals surface area contributed by atoms with E-state index < -0.39 is 0 Å². The Kier molecular flexibility index (Phi) is 4.49. The van der Waals surface area contributed by atoms with Gasteiger partial charge in [0.1, 0.15) is 0 Å². The lowest BCUT2D eigenvalue weighted by molar-refractivity contribution is 0.675. The SMILES string of the molecule is Cc1ccc(SCC(C)CN)cc1C. The minimum Gasteiger partial charge on any atom is -0.330 e. The van der Waals surface area contributed by atoms with E-state index in [2.05, 4.69) is 39.0 Å². The molecule has 0 aliphatic heterocycles. The van der Waals surface area contributed by atoms with Crippen LogP contribution in [0.3, 0.4) is 0 Å². The first-order valence-electron chi connectivity index (χ1n) is 5.03. The molecule has 0 fully saturated rings. The van der Waals surface area contributed by atoms with Gasteiger partial charge in [-0.2, -0.15) is 0 Å². The largest absolute Gasteiger partial charge is 0.330 e. The summed E-state index contributed by atoms with van der Waals surface area (Å²) in [6.07, 6.45) is 0. The van der Waals surface area contributed by atoms with Gasteiger partial charge in [-0.1, -0.05) is 13.0 Å². The van der Waals surface area contributed by atoms with Crippen molar-refractivity contribution in [3.63, 3.8) is 0 Å². The van der Waals surface area contributed by atoms with E-state index in [4.69, 9.17) is 5.73 Å². The molecular formula is C12H19NS. The minimum atomic E-state index is 0.599.